The molecule has 1 aliphatic carbocycles. The van der Waals surface area contributed by atoms with Crippen LogP contribution in [0.15, 0.2) is 0 Å². The Morgan fingerprint density at radius 3 is 2.35 bits per heavy atom. The summed E-state index contributed by atoms with van der Waals surface area (Å²) in [6, 6.07) is 0.723. The Kier molecular flexibility index (Phi) is 5.84. The van der Waals surface area contributed by atoms with Crippen molar-refractivity contribution in [2.75, 3.05) is 27.3 Å². The van der Waals surface area contributed by atoms with Gasteiger partial charge in [-0.15, -0.1) is 0 Å². The first-order valence-corrected chi connectivity index (χ1v) is 8.17. The van der Waals surface area contributed by atoms with Crippen molar-refractivity contribution in [1.29, 1.82) is 0 Å². The average Bonchev–Trinajstić information content (AvgIpc) is 3.14. The first-order valence-electron chi connectivity index (χ1n) is 8.17. The number of ether oxygens (including phenoxy) is 2. The first kappa shape index (κ1) is 16.2. The Morgan fingerprint density at radius 2 is 1.80 bits per heavy atom. The summed E-state index contributed by atoms with van der Waals surface area (Å²) in [5, 5.41) is 0. The van der Waals surface area contributed by atoms with E-state index >= 15 is 0 Å². The molecular formula is C16H32N2O2. The molecule has 0 radical (unpaired) electrons. The summed E-state index contributed by atoms with van der Waals surface area (Å²) >= 11 is 0. The molecule has 1 heterocycles. The number of rotatable bonds is 7. The van der Waals surface area contributed by atoms with E-state index in [1.807, 2.05) is 0 Å². The Balaban J connectivity index is 2.07. The van der Waals surface area contributed by atoms with Gasteiger partial charge in [-0.3, -0.25) is 4.90 Å². The van der Waals surface area contributed by atoms with Crippen molar-refractivity contribution < 1.29 is 9.47 Å². The third-order valence-electron chi connectivity index (χ3n) is 5.51. The second-order valence-corrected chi connectivity index (χ2v) is 6.75. The molecule has 2 unspecified atom stereocenters. The van der Waals surface area contributed by atoms with Crippen LogP contribution in [-0.4, -0.2) is 50.1 Å². The summed E-state index contributed by atoms with van der Waals surface area (Å²) in [5.41, 5.74) is 6.14. The van der Waals surface area contributed by atoms with Crippen LogP contribution in [0.5, 0.6) is 0 Å². The van der Waals surface area contributed by atoms with E-state index in [0.29, 0.717) is 6.54 Å². The van der Waals surface area contributed by atoms with Crippen molar-refractivity contribution in [3.63, 3.8) is 0 Å². The Labute approximate surface area is 124 Å². The number of hydrogen-bond donors (Lipinski definition) is 1. The standard InChI is InChI=1S/C16H32N2O2/c1-16(12-17,11-15(19-2)20-3)18-10-6-9-14(18)13-7-4-5-8-13/h13-15H,4-12,17H2,1-3H3. The van der Waals surface area contributed by atoms with E-state index in [2.05, 4.69) is 11.8 Å². The Morgan fingerprint density at radius 1 is 1.15 bits per heavy atom. The largest absolute Gasteiger partial charge is 0.356 e. The van der Waals surface area contributed by atoms with Gasteiger partial charge in [0.15, 0.2) is 6.29 Å². The number of nitrogens with zero attached hydrogens (tertiary/aromatic N) is 1. The fourth-order valence-corrected chi connectivity index (χ4v) is 4.23. The Bertz CT molecular complexity index is 290. The van der Waals surface area contributed by atoms with Gasteiger partial charge in [-0.05, 0) is 45.1 Å². The van der Waals surface area contributed by atoms with Gasteiger partial charge in [0.05, 0.1) is 0 Å². The topological polar surface area (TPSA) is 47.7 Å². The summed E-state index contributed by atoms with van der Waals surface area (Å²) in [7, 11) is 3.42. The molecule has 2 atom stereocenters. The number of nitrogens with two attached hydrogens (primary N) is 1. The highest BCUT2D eigenvalue weighted by molar-refractivity contribution is 4.98. The minimum atomic E-state index is -0.159. The van der Waals surface area contributed by atoms with Crippen molar-refractivity contribution in [2.24, 2.45) is 11.7 Å². The summed E-state index contributed by atoms with van der Waals surface area (Å²) in [5.74, 6) is 0.881. The van der Waals surface area contributed by atoms with Gasteiger partial charge in [0, 0.05) is 38.8 Å². The molecule has 0 aromatic rings. The maximum Gasteiger partial charge on any atom is 0.158 e. The highest BCUT2D eigenvalue weighted by Gasteiger charge is 2.43. The van der Waals surface area contributed by atoms with Gasteiger partial charge in [-0.2, -0.15) is 0 Å². The minimum absolute atomic E-state index is 0.0134. The zero-order valence-electron chi connectivity index (χ0n) is 13.4. The zero-order valence-corrected chi connectivity index (χ0v) is 13.4. The number of methoxy groups -OCH3 is 2. The molecular weight excluding hydrogens is 252 g/mol. The van der Waals surface area contributed by atoms with E-state index < -0.39 is 0 Å². The maximum absolute atomic E-state index is 6.15. The molecule has 118 valence electrons. The SMILES string of the molecule is COC(CC(C)(CN)N1CCCC1C1CCCC1)OC. The van der Waals surface area contributed by atoms with Crippen molar-refractivity contribution >= 4 is 0 Å². The first-order chi connectivity index (χ1) is 9.64. The maximum atomic E-state index is 6.15. The summed E-state index contributed by atoms with van der Waals surface area (Å²) in [6.07, 6.45) is 8.96. The normalized spacial score (nSPS) is 28.4. The predicted molar refractivity (Wildman–Crippen MR) is 81.6 cm³/mol. The zero-order chi connectivity index (χ0) is 14.6. The molecule has 0 bridgehead atoms. The Hall–Kier alpha value is -0.160. The van der Waals surface area contributed by atoms with E-state index in [0.717, 1.165) is 18.4 Å². The van der Waals surface area contributed by atoms with Crippen LogP contribution in [0.4, 0.5) is 0 Å². The van der Waals surface area contributed by atoms with E-state index in [9.17, 15) is 0 Å². The van der Waals surface area contributed by atoms with Crippen LogP contribution < -0.4 is 5.73 Å². The molecule has 2 fully saturated rings. The molecule has 1 aliphatic heterocycles. The average molecular weight is 284 g/mol. The van der Waals surface area contributed by atoms with Crippen LogP contribution in [0.3, 0.4) is 0 Å². The number of hydrogen-bond acceptors (Lipinski definition) is 4. The van der Waals surface area contributed by atoms with Gasteiger partial charge in [0.2, 0.25) is 0 Å². The second-order valence-electron chi connectivity index (χ2n) is 6.75. The highest BCUT2D eigenvalue weighted by atomic mass is 16.7. The van der Waals surface area contributed by atoms with Gasteiger partial charge in [0.1, 0.15) is 0 Å². The predicted octanol–water partition coefficient (Wildman–Crippen LogP) is 2.37. The van der Waals surface area contributed by atoms with Crippen LogP contribution in [0.1, 0.15) is 51.9 Å². The third-order valence-corrected chi connectivity index (χ3v) is 5.51. The van der Waals surface area contributed by atoms with E-state index in [-0.39, 0.29) is 11.8 Å². The molecule has 2 N–H and O–H groups in total. The monoisotopic (exact) mass is 284 g/mol. The lowest BCUT2D eigenvalue weighted by atomic mass is 9.89. The molecule has 2 aliphatic rings. The smallest absolute Gasteiger partial charge is 0.158 e. The lowest BCUT2D eigenvalue weighted by Crippen LogP contribution is -2.56. The molecule has 0 aromatic heterocycles. The molecule has 4 nitrogen and oxygen atoms in total. The molecule has 0 amide bonds. The molecule has 1 saturated carbocycles. The van der Waals surface area contributed by atoms with E-state index in [4.69, 9.17) is 15.2 Å². The lowest BCUT2D eigenvalue weighted by molar-refractivity contribution is -0.131. The van der Waals surface area contributed by atoms with Crippen molar-refractivity contribution in [1.82, 2.24) is 4.90 Å². The molecule has 1 saturated heterocycles. The van der Waals surface area contributed by atoms with E-state index in [1.165, 1.54) is 45.1 Å². The van der Waals surface area contributed by atoms with Crippen LogP contribution in [0.2, 0.25) is 0 Å². The van der Waals surface area contributed by atoms with Gasteiger partial charge in [-0.1, -0.05) is 12.8 Å². The van der Waals surface area contributed by atoms with Crippen LogP contribution in [0.25, 0.3) is 0 Å². The molecule has 0 spiro atoms. The molecule has 0 aromatic carbocycles. The fraction of sp³-hybridized carbons (Fsp3) is 1.00. The quantitative estimate of drug-likeness (QED) is 0.729. The lowest BCUT2D eigenvalue weighted by Gasteiger charge is -2.45. The molecule has 20 heavy (non-hydrogen) atoms. The summed E-state index contributed by atoms with van der Waals surface area (Å²) < 4.78 is 10.8. The number of likely N-dealkylation sites (tertiary alicyclic amines) is 1. The van der Waals surface area contributed by atoms with Gasteiger partial charge >= 0.3 is 0 Å². The summed E-state index contributed by atoms with van der Waals surface area (Å²) in [4.78, 5) is 2.67. The fourth-order valence-electron chi connectivity index (χ4n) is 4.23. The van der Waals surface area contributed by atoms with E-state index in [1.54, 1.807) is 14.2 Å². The van der Waals surface area contributed by atoms with Gasteiger partial charge < -0.3 is 15.2 Å². The summed E-state index contributed by atoms with van der Waals surface area (Å²) in [6.45, 7) is 4.12. The third kappa shape index (κ3) is 3.35. The highest BCUT2D eigenvalue weighted by Crippen LogP contribution is 2.39. The molecule has 2 rings (SSSR count). The van der Waals surface area contributed by atoms with Crippen molar-refractivity contribution in [2.45, 2.75) is 69.7 Å². The van der Waals surface area contributed by atoms with Crippen LogP contribution >= 0.6 is 0 Å². The minimum Gasteiger partial charge on any atom is -0.356 e. The van der Waals surface area contributed by atoms with Crippen molar-refractivity contribution in [3.05, 3.63) is 0 Å². The van der Waals surface area contributed by atoms with Gasteiger partial charge in [0.25, 0.3) is 0 Å². The second kappa shape index (κ2) is 7.21. The van der Waals surface area contributed by atoms with Crippen molar-refractivity contribution in [3.8, 4) is 0 Å². The van der Waals surface area contributed by atoms with Crippen LogP contribution in [0, 0.1) is 5.92 Å². The molecule has 4 heteroatoms. The van der Waals surface area contributed by atoms with Crippen LogP contribution in [-0.2, 0) is 9.47 Å². The van der Waals surface area contributed by atoms with Gasteiger partial charge in [-0.25, -0.2) is 0 Å².